The van der Waals surface area contributed by atoms with Crippen LogP contribution in [0.4, 0.5) is 0 Å². The van der Waals surface area contributed by atoms with E-state index in [9.17, 15) is 0 Å². The van der Waals surface area contributed by atoms with Crippen LogP contribution in [0.3, 0.4) is 0 Å². The monoisotopic (exact) mass is 344 g/mol. The third-order valence-corrected chi connectivity index (χ3v) is 5.35. The van der Waals surface area contributed by atoms with Crippen LogP contribution in [0.25, 0.3) is 0 Å². The maximum Gasteiger partial charge on any atom is 0.0551 e. The summed E-state index contributed by atoms with van der Waals surface area (Å²) < 4.78 is 0.943. The number of rotatable bonds is 4. The normalized spacial score (nSPS) is 22.4. The summed E-state index contributed by atoms with van der Waals surface area (Å²) >= 11 is 9.64. The van der Waals surface area contributed by atoms with Gasteiger partial charge in [-0.2, -0.15) is 0 Å². The van der Waals surface area contributed by atoms with Crippen LogP contribution in [-0.4, -0.2) is 24.5 Å². The molecule has 106 valence electrons. The largest absolute Gasteiger partial charge is 0.329 e. The Balaban J connectivity index is 2.16. The van der Waals surface area contributed by atoms with Gasteiger partial charge in [-0.25, -0.2) is 0 Å². The first-order valence-electron chi connectivity index (χ1n) is 7.04. The van der Waals surface area contributed by atoms with E-state index in [4.69, 9.17) is 17.3 Å². The topological polar surface area (TPSA) is 29.3 Å². The van der Waals surface area contributed by atoms with Crippen LogP contribution in [-0.2, 0) is 0 Å². The second-order valence-corrected chi connectivity index (χ2v) is 6.60. The van der Waals surface area contributed by atoms with E-state index in [1.807, 2.05) is 12.1 Å². The first-order chi connectivity index (χ1) is 9.15. The van der Waals surface area contributed by atoms with Gasteiger partial charge in [0.05, 0.1) is 5.02 Å². The van der Waals surface area contributed by atoms with Crippen molar-refractivity contribution in [2.75, 3.05) is 19.6 Å². The van der Waals surface area contributed by atoms with E-state index in [0.717, 1.165) is 28.5 Å². The van der Waals surface area contributed by atoms with Crippen molar-refractivity contribution in [2.24, 2.45) is 11.7 Å². The number of hydrogen-bond acceptors (Lipinski definition) is 2. The molecule has 2 rings (SSSR count). The van der Waals surface area contributed by atoms with E-state index in [1.165, 1.54) is 24.8 Å². The fraction of sp³-hybridized carbons (Fsp3) is 0.600. The lowest BCUT2D eigenvalue weighted by Crippen LogP contribution is -2.41. The van der Waals surface area contributed by atoms with E-state index in [0.29, 0.717) is 12.6 Å². The lowest BCUT2D eigenvalue weighted by Gasteiger charge is -2.38. The second-order valence-electron chi connectivity index (χ2n) is 5.34. The number of hydrogen-bond donors (Lipinski definition) is 1. The molecule has 0 radical (unpaired) electrons. The summed E-state index contributed by atoms with van der Waals surface area (Å²) in [5, 5.41) is 0.764. The van der Waals surface area contributed by atoms with Crippen LogP contribution in [0.2, 0.25) is 5.02 Å². The molecule has 1 aromatic carbocycles. The zero-order valence-electron chi connectivity index (χ0n) is 11.4. The third kappa shape index (κ3) is 3.72. The molecule has 19 heavy (non-hydrogen) atoms. The number of halogens is 2. The number of nitrogens with zero attached hydrogens (tertiary/aromatic N) is 1. The summed E-state index contributed by atoms with van der Waals surface area (Å²) in [7, 11) is 0. The van der Waals surface area contributed by atoms with E-state index in [2.05, 4.69) is 33.8 Å². The number of benzene rings is 1. The maximum atomic E-state index is 6.20. The number of piperidine rings is 1. The molecule has 2 nitrogen and oxygen atoms in total. The van der Waals surface area contributed by atoms with Gasteiger partial charge in [-0.05, 0) is 58.9 Å². The molecule has 1 aliphatic rings. The summed E-state index contributed by atoms with van der Waals surface area (Å²) in [5.74, 6) is 0.814. The standard InChI is InChI=1S/C15H22BrClN2/c1-2-11-4-3-7-19(10-11)15(9-18)12-5-6-13(16)14(17)8-12/h5-6,8,11,15H,2-4,7,9-10,18H2,1H3. The van der Waals surface area contributed by atoms with Crippen LogP contribution in [0.1, 0.15) is 37.8 Å². The molecule has 0 aromatic heterocycles. The van der Waals surface area contributed by atoms with Gasteiger partial charge in [0.2, 0.25) is 0 Å². The fourth-order valence-corrected chi connectivity index (χ4v) is 3.36. The molecule has 1 heterocycles. The summed E-state index contributed by atoms with van der Waals surface area (Å²) in [6, 6.07) is 6.48. The van der Waals surface area contributed by atoms with Crippen LogP contribution in [0.5, 0.6) is 0 Å². The molecule has 1 aromatic rings. The Labute approximate surface area is 129 Å². The number of likely N-dealkylation sites (tertiary alicyclic amines) is 1. The van der Waals surface area contributed by atoms with Gasteiger partial charge in [-0.3, -0.25) is 4.90 Å². The molecule has 1 aliphatic heterocycles. The minimum atomic E-state index is 0.292. The Morgan fingerprint density at radius 3 is 2.95 bits per heavy atom. The highest BCUT2D eigenvalue weighted by Gasteiger charge is 2.25. The van der Waals surface area contributed by atoms with Gasteiger partial charge < -0.3 is 5.73 Å². The molecule has 2 atom stereocenters. The van der Waals surface area contributed by atoms with Gasteiger partial charge in [0.15, 0.2) is 0 Å². The quantitative estimate of drug-likeness (QED) is 0.885. The molecule has 1 saturated heterocycles. The molecule has 4 heteroatoms. The second kappa shape index (κ2) is 7.07. The smallest absolute Gasteiger partial charge is 0.0551 e. The molecule has 0 aliphatic carbocycles. The van der Waals surface area contributed by atoms with Crippen LogP contribution >= 0.6 is 27.5 Å². The maximum absolute atomic E-state index is 6.20. The molecule has 0 spiro atoms. The highest BCUT2D eigenvalue weighted by Crippen LogP contribution is 2.31. The zero-order chi connectivity index (χ0) is 13.8. The summed E-state index contributed by atoms with van der Waals surface area (Å²) in [5.41, 5.74) is 7.24. The van der Waals surface area contributed by atoms with Crippen LogP contribution < -0.4 is 5.73 Å². The van der Waals surface area contributed by atoms with E-state index in [-0.39, 0.29) is 0 Å². The van der Waals surface area contributed by atoms with Crippen molar-refractivity contribution in [1.82, 2.24) is 4.90 Å². The van der Waals surface area contributed by atoms with E-state index >= 15 is 0 Å². The van der Waals surface area contributed by atoms with E-state index in [1.54, 1.807) is 0 Å². The predicted octanol–water partition coefficient (Wildman–Crippen LogP) is 4.22. The molecular formula is C15H22BrClN2. The van der Waals surface area contributed by atoms with Crippen LogP contribution in [0, 0.1) is 5.92 Å². The van der Waals surface area contributed by atoms with Crippen molar-refractivity contribution in [3.8, 4) is 0 Å². The lowest BCUT2D eigenvalue weighted by atomic mass is 9.93. The third-order valence-electron chi connectivity index (χ3n) is 4.12. The average molecular weight is 346 g/mol. The van der Waals surface area contributed by atoms with Crippen molar-refractivity contribution in [3.05, 3.63) is 33.3 Å². The van der Waals surface area contributed by atoms with Gasteiger partial charge in [0.25, 0.3) is 0 Å². The van der Waals surface area contributed by atoms with Gasteiger partial charge >= 0.3 is 0 Å². The number of nitrogens with two attached hydrogens (primary N) is 1. The molecular weight excluding hydrogens is 324 g/mol. The van der Waals surface area contributed by atoms with Gasteiger partial charge in [0.1, 0.15) is 0 Å². The zero-order valence-corrected chi connectivity index (χ0v) is 13.8. The fourth-order valence-electron chi connectivity index (χ4n) is 2.93. The van der Waals surface area contributed by atoms with Crippen LogP contribution in [0.15, 0.2) is 22.7 Å². The summed E-state index contributed by atoms with van der Waals surface area (Å²) in [4.78, 5) is 2.53. The van der Waals surface area contributed by atoms with Gasteiger partial charge in [-0.15, -0.1) is 0 Å². The Hall–Kier alpha value is -0.0900. The SMILES string of the molecule is CCC1CCCN(C(CN)c2ccc(Br)c(Cl)c2)C1. The highest BCUT2D eigenvalue weighted by atomic mass is 79.9. The molecule has 0 saturated carbocycles. The molecule has 1 fully saturated rings. The lowest BCUT2D eigenvalue weighted by molar-refractivity contribution is 0.124. The van der Waals surface area contributed by atoms with E-state index < -0.39 is 0 Å². The van der Waals surface area contributed by atoms with Crippen molar-refractivity contribution in [2.45, 2.75) is 32.2 Å². The predicted molar refractivity (Wildman–Crippen MR) is 85.5 cm³/mol. The minimum absolute atomic E-state index is 0.292. The Morgan fingerprint density at radius 1 is 1.53 bits per heavy atom. The summed E-state index contributed by atoms with van der Waals surface area (Å²) in [6.07, 6.45) is 3.89. The van der Waals surface area contributed by atoms with Gasteiger partial charge in [0, 0.05) is 23.6 Å². The summed E-state index contributed by atoms with van der Waals surface area (Å²) in [6.45, 7) is 5.23. The first-order valence-corrected chi connectivity index (χ1v) is 8.21. The average Bonchev–Trinajstić information content (AvgIpc) is 2.44. The van der Waals surface area contributed by atoms with Crippen molar-refractivity contribution < 1.29 is 0 Å². The molecule has 2 N–H and O–H groups in total. The Bertz CT molecular complexity index is 425. The minimum Gasteiger partial charge on any atom is -0.329 e. The van der Waals surface area contributed by atoms with Crippen molar-refractivity contribution in [3.63, 3.8) is 0 Å². The Kier molecular flexibility index (Phi) is 5.70. The molecule has 0 amide bonds. The van der Waals surface area contributed by atoms with Gasteiger partial charge in [-0.1, -0.05) is 31.0 Å². The molecule has 2 unspecified atom stereocenters. The Morgan fingerprint density at radius 2 is 2.32 bits per heavy atom. The first kappa shape index (κ1) is 15.3. The van der Waals surface area contributed by atoms with Crippen molar-refractivity contribution in [1.29, 1.82) is 0 Å². The van der Waals surface area contributed by atoms with Crippen molar-refractivity contribution >= 4 is 27.5 Å². The molecule has 0 bridgehead atoms. The highest BCUT2D eigenvalue weighted by molar-refractivity contribution is 9.10.